The van der Waals surface area contributed by atoms with E-state index in [2.05, 4.69) is 21.2 Å². The molecule has 0 radical (unpaired) electrons. The van der Waals surface area contributed by atoms with E-state index in [4.69, 9.17) is 9.47 Å². The van der Waals surface area contributed by atoms with Gasteiger partial charge in [0.25, 0.3) is 5.91 Å². The van der Waals surface area contributed by atoms with E-state index in [9.17, 15) is 9.59 Å². The third-order valence-electron chi connectivity index (χ3n) is 4.18. The van der Waals surface area contributed by atoms with Crippen LogP contribution in [0.3, 0.4) is 0 Å². The van der Waals surface area contributed by atoms with Crippen LogP contribution in [0.4, 0.5) is 0 Å². The van der Waals surface area contributed by atoms with Crippen LogP contribution < -0.4 is 14.8 Å². The second-order valence-electron chi connectivity index (χ2n) is 6.19. The predicted octanol–water partition coefficient (Wildman–Crippen LogP) is 3.39. The van der Waals surface area contributed by atoms with Crippen LogP contribution in [0, 0.1) is 0 Å². The maximum atomic E-state index is 12.9. The number of hydrogen-bond donors (Lipinski definition) is 1. The molecule has 2 amide bonds. The third kappa shape index (κ3) is 6.27. The average Bonchev–Trinajstić information content (AvgIpc) is 2.70. The molecule has 1 N–H and O–H groups in total. The minimum Gasteiger partial charge on any atom is -0.497 e. The summed E-state index contributed by atoms with van der Waals surface area (Å²) in [6, 6.07) is 14.0. The number of amides is 2. The number of nitrogens with one attached hydrogen (secondary N) is 1. The third-order valence-corrected chi connectivity index (χ3v) is 4.68. The number of methoxy groups -OCH3 is 1. The summed E-state index contributed by atoms with van der Waals surface area (Å²) in [6.45, 7) is 4.21. The lowest BCUT2D eigenvalue weighted by Crippen LogP contribution is -2.49. The highest BCUT2D eigenvalue weighted by Crippen LogP contribution is 2.18. The lowest BCUT2D eigenvalue weighted by molar-refractivity contribution is -0.142. The van der Waals surface area contributed by atoms with Crippen LogP contribution >= 0.6 is 15.9 Å². The van der Waals surface area contributed by atoms with Crippen LogP contribution in [0.2, 0.25) is 0 Å². The zero-order chi connectivity index (χ0) is 20.5. The van der Waals surface area contributed by atoms with Gasteiger partial charge < -0.3 is 19.7 Å². The molecule has 6 nitrogen and oxygen atoms in total. The Kier molecular flexibility index (Phi) is 8.32. The van der Waals surface area contributed by atoms with Crippen molar-refractivity contribution in [1.82, 2.24) is 10.2 Å². The largest absolute Gasteiger partial charge is 0.497 e. The molecule has 0 fully saturated rings. The van der Waals surface area contributed by atoms with Gasteiger partial charge in [-0.25, -0.2) is 0 Å². The van der Waals surface area contributed by atoms with E-state index in [0.717, 1.165) is 10.0 Å². The van der Waals surface area contributed by atoms with Crippen LogP contribution in [-0.2, 0) is 16.1 Å². The smallest absolute Gasteiger partial charge is 0.261 e. The van der Waals surface area contributed by atoms with Gasteiger partial charge in [0.15, 0.2) is 6.61 Å². The first-order chi connectivity index (χ1) is 13.4. The molecule has 0 bridgehead atoms. The molecule has 1 atom stereocenters. The zero-order valence-corrected chi connectivity index (χ0v) is 17.9. The van der Waals surface area contributed by atoms with Crippen molar-refractivity contribution < 1.29 is 19.1 Å². The van der Waals surface area contributed by atoms with Crippen molar-refractivity contribution in [2.24, 2.45) is 0 Å². The van der Waals surface area contributed by atoms with Crippen molar-refractivity contribution in [2.45, 2.75) is 26.4 Å². The summed E-state index contributed by atoms with van der Waals surface area (Å²) in [5.74, 6) is 0.798. The molecule has 0 aliphatic carbocycles. The van der Waals surface area contributed by atoms with E-state index < -0.39 is 6.04 Å². The molecule has 2 aromatic carbocycles. The number of nitrogens with zero attached hydrogens (tertiary/aromatic N) is 1. The van der Waals surface area contributed by atoms with Crippen molar-refractivity contribution in [3.8, 4) is 11.5 Å². The van der Waals surface area contributed by atoms with Crippen LogP contribution in [0.25, 0.3) is 0 Å². The van der Waals surface area contributed by atoms with E-state index in [1.807, 2.05) is 31.2 Å². The van der Waals surface area contributed by atoms with Gasteiger partial charge in [-0.3, -0.25) is 9.59 Å². The van der Waals surface area contributed by atoms with Gasteiger partial charge in [-0.1, -0.05) is 28.1 Å². The maximum Gasteiger partial charge on any atom is 0.261 e. The fraction of sp³-hybridized carbons (Fsp3) is 0.333. The number of carbonyl (C=O) groups is 2. The molecule has 28 heavy (non-hydrogen) atoms. The van der Waals surface area contributed by atoms with Crippen molar-refractivity contribution >= 4 is 27.7 Å². The summed E-state index contributed by atoms with van der Waals surface area (Å²) < 4.78 is 11.6. The van der Waals surface area contributed by atoms with Gasteiger partial charge in [-0.2, -0.15) is 0 Å². The number of benzene rings is 2. The summed E-state index contributed by atoms with van der Waals surface area (Å²) >= 11 is 3.44. The van der Waals surface area contributed by atoms with Crippen molar-refractivity contribution in [3.63, 3.8) is 0 Å². The van der Waals surface area contributed by atoms with Gasteiger partial charge in [0, 0.05) is 17.6 Å². The fourth-order valence-electron chi connectivity index (χ4n) is 2.64. The quantitative estimate of drug-likeness (QED) is 0.638. The van der Waals surface area contributed by atoms with Crippen LogP contribution in [0.1, 0.15) is 19.4 Å². The van der Waals surface area contributed by atoms with Crippen LogP contribution in [0.5, 0.6) is 11.5 Å². The number of likely N-dealkylation sites (N-methyl/N-ethyl adjacent to an activating group) is 1. The van der Waals surface area contributed by atoms with E-state index in [1.54, 1.807) is 38.3 Å². The Morgan fingerprint density at radius 3 is 2.43 bits per heavy atom. The van der Waals surface area contributed by atoms with E-state index >= 15 is 0 Å². The summed E-state index contributed by atoms with van der Waals surface area (Å²) in [6.07, 6.45) is 0. The second kappa shape index (κ2) is 10.7. The molecule has 2 aromatic rings. The normalized spacial score (nSPS) is 11.4. The van der Waals surface area contributed by atoms with Crippen molar-refractivity contribution in [1.29, 1.82) is 0 Å². The average molecular weight is 449 g/mol. The molecule has 150 valence electrons. The Hall–Kier alpha value is -2.54. The molecule has 0 heterocycles. The summed E-state index contributed by atoms with van der Waals surface area (Å²) in [5.41, 5.74) is 0.920. The van der Waals surface area contributed by atoms with Gasteiger partial charge in [0.2, 0.25) is 5.91 Å². The molecule has 0 saturated heterocycles. The lowest BCUT2D eigenvalue weighted by Gasteiger charge is -2.28. The molecule has 7 heteroatoms. The molecule has 2 rings (SSSR count). The van der Waals surface area contributed by atoms with Crippen molar-refractivity contribution in [3.05, 3.63) is 58.6 Å². The summed E-state index contributed by atoms with van der Waals surface area (Å²) in [4.78, 5) is 26.7. The van der Waals surface area contributed by atoms with Gasteiger partial charge >= 0.3 is 0 Å². The minimum atomic E-state index is -0.620. The standard InChI is InChI=1S/C21H25BrN2O4/c1-4-23-21(26)15(2)24(13-16-6-5-7-17(22)12-16)20(25)14-28-19-10-8-18(27-3)9-11-19/h5-12,15H,4,13-14H2,1-3H3,(H,23,26). The topological polar surface area (TPSA) is 67.9 Å². The van der Waals surface area contributed by atoms with E-state index in [0.29, 0.717) is 24.6 Å². The molecule has 0 aliphatic heterocycles. The lowest BCUT2D eigenvalue weighted by atomic mass is 10.1. The molecule has 0 aliphatic rings. The van der Waals surface area contributed by atoms with Gasteiger partial charge in [-0.05, 0) is 55.8 Å². The molecular weight excluding hydrogens is 424 g/mol. The molecular formula is C21H25BrN2O4. The SMILES string of the molecule is CCNC(=O)C(C)N(Cc1cccc(Br)c1)C(=O)COc1ccc(OC)cc1. The predicted molar refractivity (Wildman–Crippen MR) is 111 cm³/mol. The number of ether oxygens (including phenoxy) is 2. The summed E-state index contributed by atoms with van der Waals surface area (Å²) in [5, 5.41) is 2.77. The fourth-order valence-corrected chi connectivity index (χ4v) is 3.08. The van der Waals surface area contributed by atoms with E-state index in [-0.39, 0.29) is 18.4 Å². The molecule has 1 unspecified atom stereocenters. The molecule has 0 saturated carbocycles. The maximum absolute atomic E-state index is 12.9. The number of rotatable bonds is 9. The first-order valence-electron chi connectivity index (χ1n) is 9.03. The van der Waals surface area contributed by atoms with Crippen LogP contribution in [-0.4, -0.2) is 43.0 Å². The number of carbonyl (C=O) groups excluding carboxylic acids is 2. The van der Waals surface area contributed by atoms with Crippen LogP contribution in [0.15, 0.2) is 53.0 Å². The number of hydrogen-bond acceptors (Lipinski definition) is 4. The highest BCUT2D eigenvalue weighted by molar-refractivity contribution is 9.10. The Morgan fingerprint density at radius 2 is 1.82 bits per heavy atom. The number of halogens is 1. The second-order valence-corrected chi connectivity index (χ2v) is 7.10. The first-order valence-corrected chi connectivity index (χ1v) is 9.82. The molecule has 0 spiro atoms. The Morgan fingerprint density at radius 1 is 1.14 bits per heavy atom. The Balaban J connectivity index is 2.11. The van der Waals surface area contributed by atoms with Gasteiger partial charge in [0.1, 0.15) is 17.5 Å². The van der Waals surface area contributed by atoms with E-state index in [1.165, 1.54) is 4.90 Å². The zero-order valence-electron chi connectivity index (χ0n) is 16.3. The first kappa shape index (κ1) is 21.8. The van der Waals surface area contributed by atoms with Gasteiger partial charge in [-0.15, -0.1) is 0 Å². The van der Waals surface area contributed by atoms with Crippen molar-refractivity contribution in [2.75, 3.05) is 20.3 Å². The highest BCUT2D eigenvalue weighted by Gasteiger charge is 2.26. The molecule has 0 aromatic heterocycles. The monoisotopic (exact) mass is 448 g/mol. The Bertz CT molecular complexity index is 795. The highest BCUT2D eigenvalue weighted by atomic mass is 79.9. The summed E-state index contributed by atoms with van der Waals surface area (Å²) in [7, 11) is 1.59. The van der Waals surface area contributed by atoms with Gasteiger partial charge in [0.05, 0.1) is 7.11 Å². The Labute approximate surface area is 174 Å². The minimum absolute atomic E-state index is 0.163.